The first-order valence-electron chi connectivity index (χ1n) is 4.01. The average Bonchev–Trinajstić information content (AvgIpc) is 2.62. The summed E-state index contributed by atoms with van der Waals surface area (Å²) in [5.74, 6) is -0.514. The Balaban J connectivity index is 2.72. The van der Waals surface area contributed by atoms with Crippen LogP contribution in [-0.2, 0) is 4.74 Å². The number of phenolic OH excluding ortho intramolecular Hbond substituents is 1. The molecule has 0 fully saturated rings. The van der Waals surface area contributed by atoms with Crippen LogP contribution in [0.4, 0.5) is 0 Å². The second-order valence-corrected chi connectivity index (χ2v) is 2.82. The number of benzene rings is 1. The molecule has 0 unspecified atom stereocenters. The van der Waals surface area contributed by atoms with Crippen molar-refractivity contribution >= 4 is 16.9 Å². The summed E-state index contributed by atoms with van der Waals surface area (Å²) in [5.41, 5.74) is 0.765. The molecule has 1 aromatic carbocycles. The average molecular weight is 192 g/mol. The highest BCUT2D eigenvalue weighted by Crippen LogP contribution is 2.25. The normalized spacial score (nSPS) is 10.4. The van der Waals surface area contributed by atoms with E-state index in [0.29, 0.717) is 16.5 Å². The minimum Gasteiger partial charge on any atom is -0.508 e. The fraction of sp³-hybridized carbons (Fsp3) is 0.100. The lowest BCUT2D eigenvalue weighted by atomic mass is 10.1. The summed E-state index contributed by atoms with van der Waals surface area (Å²) in [5, 5.41) is 9.94. The van der Waals surface area contributed by atoms with Crippen molar-refractivity contribution < 1.29 is 19.1 Å². The number of methoxy groups -OCH3 is 1. The number of aromatic hydroxyl groups is 1. The van der Waals surface area contributed by atoms with E-state index in [1.54, 1.807) is 6.07 Å². The number of phenols is 1. The minimum atomic E-state index is -0.493. The van der Waals surface area contributed by atoms with Crippen LogP contribution in [0.1, 0.15) is 10.4 Å². The monoisotopic (exact) mass is 192 g/mol. The number of hydrogen-bond donors (Lipinski definition) is 1. The summed E-state index contributed by atoms with van der Waals surface area (Å²) in [7, 11) is 1.29. The molecule has 4 nitrogen and oxygen atoms in total. The first-order chi connectivity index (χ1) is 6.72. The number of furan rings is 1. The number of hydrogen-bond acceptors (Lipinski definition) is 4. The van der Waals surface area contributed by atoms with Crippen LogP contribution in [0, 0.1) is 0 Å². The molecule has 4 heteroatoms. The van der Waals surface area contributed by atoms with Gasteiger partial charge in [0, 0.05) is 11.5 Å². The van der Waals surface area contributed by atoms with Crippen molar-refractivity contribution in [3.63, 3.8) is 0 Å². The van der Waals surface area contributed by atoms with E-state index in [2.05, 4.69) is 4.74 Å². The predicted octanol–water partition coefficient (Wildman–Crippen LogP) is 1.93. The van der Waals surface area contributed by atoms with Crippen LogP contribution in [0.15, 0.2) is 28.9 Å². The smallest absolute Gasteiger partial charge is 0.338 e. The summed E-state index contributed by atoms with van der Waals surface area (Å²) < 4.78 is 9.64. The second-order valence-electron chi connectivity index (χ2n) is 2.82. The fourth-order valence-corrected chi connectivity index (χ4v) is 1.34. The van der Waals surface area contributed by atoms with Gasteiger partial charge in [-0.25, -0.2) is 4.79 Å². The molecule has 0 saturated heterocycles. The number of esters is 1. The highest BCUT2D eigenvalue weighted by Gasteiger charge is 2.13. The Morgan fingerprint density at radius 3 is 3.00 bits per heavy atom. The van der Waals surface area contributed by atoms with Gasteiger partial charge >= 0.3 is 5.97 Å². The topological polar surface area (TPSA) is 59.7 Å². The Bertz CT molecular complexity index is 484. The third kappa shape index (κ3) is 1.21. The van der Waals surface area contributed by atoms with E-state index in [-0.39, 0.29) is 5.75 Å². The number of ether oxygens (including phenoxy) is 1. The van der Waals surface area contributed by atoms with Crippen LogP contribution in [0.3, 0.4) is 0 Å². The van der Waals surface area contributed by atoms with Gasteiger partial charge in [-0.15, -0.1) is 0 Å². The molecule has 1 heterocycles. The molecule has 14 heavy (non-hydrogen) atoms. The maximum absolute atomic E-state index is 11.3. The van der Waals surface area contributed by atoms with Crippen LogP contribution in [0.2, 0.25) is 0 Å². The zero-order valence-corrected chi connectivity index (χ0v) is 7.48. The lowest BCUT2D eigenvalue weighted by molar-refractivity contribution is 0.0602. The predicted molar refractivity (Wildman–Crippen MR) is 49.2 cm³/mol. The van der Waals surface area contributed by atoms with E-state index < -0.39 is 5.97 Å². The molecule has 0 radical (unpaired) electrons. The zero-order chi connectivity index (χ0) is 10.1. The van der Waals surface area contributed by atoms with E-state index in [1.165, 1.54) is 25.5 Å². The quantitative estimate of drug-likeness (QED) is 0.701. The highest BCUT2D eigenvalue weighted by atomic mass is 16.5. The Labute approximate surface area is 79.7 Å². The Morgan fingerprint density at radius 1 is 1.50 bits per heavy atom. The summed E-state index contributed by atoms with van der Waals surface area (Å²) in [6.45, 7) is 0. The van der Waals surface area contributed by atoms with Crippen molar-refractivity contribution in [2.45, 2.75) is 0 Å². The van der Waals surface area contributed by atoms with Gasteiger partial charge in [-0.3, -0.25) is 0 Å². The van der Waals surface area contributed by atoms with Gasteiger partial charge in [0.15, 0.2) is 0 Å². The highest BCUT2D eigenvalue weighted by molar-refractivity contribution is 6.03. The molecule has 0 amide bonds. The van der Waals surface area contributed by atoms with Crippen molar-refractivity contribution in [3.05, 3.63) is 30.0 Å². The van der Waals surface area contributed by atoms with Gasteiger partial charge in [-0.2, -0.15) is 0 Å². The summed E-state index contributed by atoms with van der Waals surface area (Å²) >= 11 is 0. The fourth-order valence-electron chi connectivity index (χ4n) is 1.34. The van der Waals surface area contributed by atoms with Crippen molar-refractivity contribution in [1.29, 1.82) is 0 Å². The van der Waals surface area contributed by atoms with Crippen molar-refractivity contribution in [2.24, 2.45) is 0 Å². The van der Waals surface area contributed by atoms with Crippen LogP contribution in [-0.4, -0.2) is 18.2 Å². The third-order valence-corrected chi connectivity index (χ3v) is 1.96. The molecule has 1 aromatic heterocycles. The molecule has 72 valence electrons. The number of rotatable bonds is 1. The molecule has 0 saturated carbocycles. The molecule has 0 atom stereocenters. The molecule has 2 rings (SSSR count). The maximum atomic E-state index is 11.3. The molecular formula is C10H8O4. The molecule has 0 bridgehead atoms. The molecule has 2 aromatic rings. The van der Waals surface area contributed by atoms with Gasteiger partial charge in [-0.05, 0) is 12.1 Å². The van der Waals surface area contributed by atoms with E-state index in [9.17, 15) is 9.90 Å². The lowest BCUT2D eigenvalue weighted by Gasteiger charge is -2.01. The molecular weight excluding hydrogens is 184 g/mol. The number of fused-ring (bicyclic) bond motifs is 1. The Hall–Kier alpha value is -1.97. The van der Waals surface area contributed by atoms with E-state index in [4.69, 9.17) is 4.42 Å². The van der Waals surface area contributed by atoms with Gasteiger partial charge in [-0.1, -0.05) is 0 Å². The van der Waals surface area contributed by atoms with Crippen LogP contribution >= 0.6 is 0 Å². The lowest BCUT2D eigenvalue weighted by Crippen LogP contribution is -2.01. The molecule has 1 N–H and O–H groups in total. The third-order valence-electron chi connectivity index (χ3n) is 1.96. The van der Waals surface area contributed by atoms with Gasteiger partial charge in [0.1, 0.15) is 11.3 Å². The van der Waals surface area contributed by atoms with Gasteiger partial charge < -0.3 is 14.3 Å². The largest absolute Gasteiger partial charge is 0.508 e. The molecule has 0 aliphatic rings. The van der Waals surface area contributed by atoms with Gasteiger partial charge in [0.25, 0.3) is 0 Å². The standard InChI is InChI=1S/C10H8O4/c1-13-10(12)8-4-6(11)5-9-7(8)2-3-14-9/h2-5,11H,1H3. The van der Waals surface area contributed by atoms with Crippen LogP contribution < -0.4 is 0 Å². The number of carbonyl (C=O) groups is 1. The van der Waals surface area contributed by atoms with Gasteiger partial charge in [0.2, 0.25) is 0 Å². The summed E-state index contributed by atoms with van der Waals surface area (Å²) in [6, 6.07) is 4.45. The Morgan fingerprint density at radius 2 is 2.29 bits per heavy atom. The molecule has 0 aliphatic heterocycles. The van der Waals surface area contributed by atoms with E-state index >= 15 is 0 Å². The van der Waals surface area contributed by atoms with Crippen molar-refractivity contribution in [3.8, 4) is 5.75 Å². The molecule has 0 aliphatic carbocycles. The van der Waals surface area contributed by atoms with Gasteiger partial charge in [0.05, 0.1) is 18.9 Å². The SMILES string of the molecule is COC(=O)c1cc(O)cc2occc12. The number of carbonyl (C=O) groups excluding carboxylic acids is 1. The first-order valence-corrected chi connectivity index (χ1v) is 4.01. The summed E-state index contributed by atoms with van der Waals surface area (Å²) in [6.07, 6.45) is 1.45. The van der Waals surface area contributed by atoms with Crippen LogP contribution in [0.25, 0.3) is 11.0 Å². The minimum absolute atomic E-state index is 0.0205. The Kier molecular flexibility index (Phi) is 1.89. The molecule has 0 spiro atoms. The maximum Gasteiger partial charge on any atom is 0.338 e. The van der Waals surface area contributed by atoms with Crippen molar-refractivity contribution in [1.82, 2.24) is 0 Å². The van der Waals surface area contributed by atoms with Crippen LogP contribution in [0.5, 0.6) is 5.75 Å². The zero-order valence-electron chi connectivity index (χ0n) is 7.48. The second kappa shape index (κ2) is 3.06. The van der Waals surface area contributed by atoms with E-state index in [1.807, 2.05) is 0 Å². The van der Waals surface area contributed by atoms with Crippen molar-refractivity contribution in [2.75, 3.05) is 7.11 Å². The van der Waals surface area contributed by atoms with E-state index in [0.717, 1.165) is 0 Å². The first kappa shape index (κ1) is 8.62. The summed E-state index contributed by atoms with van der Waals surface area (Å²) in [4.78, 5) is 11.3.